The van der Waals surface area contributed by atoms with Gasteiger partial charge in [0.15, 0.2) is 0 Å². The Morgan fingerprint density at radius 3 is 3.00 bits per heavy atom. The maximum atomic E-state index is 11.0. The lowest BCUT2D eigenvalue weighted by atomic mass is 10.0. The molecule has 5 nitrogen and oxygen atoms in total. The van der Waals surface area contributed by atoms with E-state index < -0.39 is 0 Å². The lowest BCUT2D eigenvalue weighted by Crippen LogP contribution is -2.45. The van der Waals surface area contributed by atoms with Crippen molar-refractivity contribution >= 4 is 5.91 Å². The average molecular weight is 228 g/mol. The summed E-state index contributed by atoms with van der Waals surface area (Å²) < 4.78 is 0. The van der Waals surface area contributed by atoms with Gasteiger partial charge in [-0.05, 0) is 46.4 Å². The van der Waals surface area contributed by atoms with Gasteiger partial charge in [0.2, 0.25) is 5.91 Å². The fraction of sp³-hybridized carbons (Fsp3) is 0.909. The molecule has 1 amide bonds. The lowest BCUT2D eigenvalue weighted by Gasteiger charge is -2.35. The molecule has 1 rings (SSSR count). The van der Waals surface area contributed by atoms with Gasteiger partial charge in [-0.25, -0.2) is 5.84 Å². The van der Waals surface area contributed by atoms with Gasteiger partial charge in [0, 0.05) is 19.0 Å². The van der Waals surface area contributed by atoms with Gasteiger partial charge >= 0.3 is 0 Å². The fourth-order valence-electron chi connectivity index (χ4n) is 2.24. The number of likely N-dealkylation sites (tertiary alicyclic amines) is 1. The number of nitrogens with one attached hydrogen (secondary N) is 1. The summed E-state index contributed by atoms with van der Waals surface area (Å²) in [6.45, 7) is 3.31. The van der Waals surface area contributed by atoms with E-state index in [1.54, 1.807) is 0 Å². The number of amides is 1. The topological polar surface area (TPSA) is 61.6 Å². The molecule has 1 aliphatic heterocycles. The molecule has 0 aromatic carbocycles. The quantitative estimate of drug-likeness (QED) is 0.388. The monoisotopic (exact) mass is 228 g/mol. The number of nitrogens with zero attached hydrogens (tertiary/aromatic N) is 2. The minimum atomic E-state index is -0.0748. The molecule has 0 bridgehead atoms. The number of nitrogens with two attached hydrogens (primary N) is 1. The smallest absolute Gasteiger partial charge is 0.233 e. The van der Waals surface area contributed by atoms with E-state index in [-0.39, 0.29) is 5.91 Å². The van der Waals surface area contributed by atoms with Crippen molar-refractivity contribution in [1.82, 2.24) is 15.2 Å². The van der Waals surface area contributed by atoms with Crippen LogP contribution >= 0.6 is 0 Å². The predicted octanol–water partition coefficient (Wildman–Crippen LogP) is -0.217. The van der Waals surface area contributed by atoms with Crippen LogP contribution in [0.25, 0.3) is 0 Å². The van der Waals surface area contributed by atoms with Gasteiger partial charge in [-0.1, -0.05) is 0 Å². The molecule has 1 heterocycles. The van der Waals surface area contributed by atoms with Gasteiger partial charge in [-0.2, -0.15) is 0 Å². The van der Waals surface area contributed by atoms with E-state index in [1.807, 2.05) is 0 Å². The number of rotatable bonds is 5. The number of likely N-dealkylation sites (N-methyl/N-ethyl adjacent to an activating group) is 2. The van der Waals surface area contributed by atoms with Crippen LogP contribution in [-0.2, 0) is 4.79 Å². The molecule has 0 aromatic rings. The summed E-state index contributed by atoms with van der Waals surface area (Å²) >= 11 is 0. The molecule has 1 atom stereocenters. The normalized spacial score (nSPS) is 22.4. The Morgan fingerprint density at radius 1 is 1.62 bits per heavy atom. The van der Waals surface area contributed by atoms with Crippen molar-refractivity contribution in [2.24, 2.45) is 5.84 Å². The number of piperidine rings is 1. The van der Waals surface area contributed by atoms with Crippen molar-refractivity contribution in [3.63, 3.8) is 0 Å². The maximum Gasteiger partial charge on any atom is 0.233 e. The van der Waals surface area contributed by atoms with Crippen LogP contribution in [0.15, 0.2) is 0 Å². The molecule has 0 radical (unpaired) electrons. The summed E-state index contributed by atoms with van der Waals surface area (Å²) in [6.07, 6.45) is 3.93. The standard InChI is InChI=1S/C11H24N4O/c1-14-7-3-5-10(9-14)15(2)8-4-6-11(16)13-12/h10H,3-9,12H2,1-2H3,(H,13,16). The van der Waals surface area contributed by atoms with E-state index in [2.05, 4.69) is 29.3 Å². The summed E-state index contributed by atoms with van der Waals surface area (Å²) in [5.41, 5.74) is 2.16. The molecule has 0 saturated carbocycles. The largest absolute Gasteiger partial charge is 0.305 e. The van der Waals surface area contributed by atoms with Gasteiger partial charge < -0.3 is 9.80 Å². The molecule has 3 N–H and O–H groups in total. The minimum absolute atomic E-state index is 0.0748. The average Bonchev–Trinajstić information content (AvgIpc) is 2.28. The van der Waals surface area contributed by atoms with Crippen molar-refractivity contribution in [2.45, 2.75) is 31.7 Å². The van der Waals surface area contributed by atoms with Gasteiger partial charge in [-0.15, -0.1) is 0 Å². The second kappa shape index (κ2) is 6.83. The van der Waals surface area contributed by atoms with Crippen LogP contribution < -0.4 is 11.3 Å². The zero-order valence-corrected chi connectivity index (χ0v) is 10.4. The van der Waals surface area contributed by atoms with Crippen molar-refractivity contribution < 1.29 is 4.79 Å². The molecule has 94 valence electrons. The second-order valence-electron chi connectivity index (χ2n) is 4.71. The molecule has 0 aliphatic carbocycles. The van der Waals surface area contributed by atoms with Gasteiger partial charge in [0.1, 0.15) is 0 Å². The summed E-state index contributed by atoms with van der Waals surface area (Å²) in [6, 6.07) is 0.639. The first-order chi connectivity index (χ1) is 7.63. The maximum absolute atomic E-state index is 11.0. The first-order valence-electron chi connectivity index (χ1n) is 6.01. The Kier molecular flexibility index (Phi) is 5.73. The highest BCUT2D eigenvalue weighted by Crippen LogP contribution is 2.13. The zero-order valence-electron chi connectivity index (χ0n) is 10.4. The van der Waals surface area contributed by atoms with Crippen LogP contribution in [0.3, 0.4) is 0 Å². The molecule has 1 saturated heterocycles. The van der Waals surface area contributed by atoms with Gasteiger partial charge in [0.25, 0.3) is 0 Å². The second-order valence-corrected chi connectivity index (χ2v) is 4.71. The Hall–Kier alpha value is -0.650. The molecule has 1 aliphatic rings. The minimum Gasteiger partial charge on any atom is -0.305 e. The third-order valence-electron chi connectivity index (χ3n) is 3.30. The Morgan fingerprint density at radius 2 is 2.38 bits per heavy atom. The highest BCUT2D eigenvalue weighted by Gasteiger charge is 2.20. The molecule has 0 spiro atoms. The zero-order chi connectivity index (χ0) is 12.0. The Labute approximate surface area is 97.9 Å². The molecule has 16 heavy (non-hydrogen) atoms. The number of carbonyl (C=O) groups excluding carboxylic acids is 1. The molecule has 1 fully saturated rings. The number of hydrazine groups is 1. The third kappa shape index (κ3) is 4.47. The first-order valence-corrected chi connectivity index (χ1v) is 6.01. The Balaban J connectivity index is 2.18. The molecule has 5 heteroatoms. The molecule has 0 aromatic heterocycles. The summed E-state index contributed by atoms with van der Waals surface area (Å²) in [4.78, 5) is 15.7. The molecular formula is C11H24N4O. The van der Waals surface area contributed by atoms with Crippen molar-refractivity contribution in [3.8, 4) is 0 Å². The first kappa shape index (κ1) is 13.4. The van der Waals surface area contributed by atoms with Crippen LogP contribution in [0.2, 0.25) is 0 Å². The molecular weight excluding hydrogens is 204 g/mol. The van der Waals surface area contributed by atoms with Crippen LogP contribution in [-0.4, -0.2) is 55.5 Å². The van der Waals surface area contributed by atoms with Crippen LogP contribution in [0.5, 0.6) is 0 Å². The summed E-state index contributed by atoms with van der Waals surface area (Å²) in [5, 5.41) is 0. The number of hydrogen-bond donors (Lipinski definition) is 2. The van der Waals surface area contributed by atoms with Crippen molar-refractivity contribution in [1.29, 1.82) is 0 Å². The van der Waals surface area contributed by atoms with Crippen LogP contribution in [0.4, 0.5) is 0 Å². The number of carbonyl (C=O) groups is 1. The van der Waals surface area contributed by atoms with Crippen LogP contribution in [0.1, 0.15) is 25.7 Å². The highest BCUT2D eigenvalue weighted by molar-refractivity contribution is 5.75. The van der Waals surface area contributed by atoms with Gasteiger partial charge in [0.05, 0.1) is 0 Å². The summed E-state index contributed by atoms with van der Waals surface area (Å²) in [5.74, 6) is 4.96. The fourth-order valence-corrected chi connectivity index (χ4v) is 2.24. The third-order valence-corrected chi connectivity index (χ3v) is 3.30. The SMILES string of the molecule is CN1CCCC(N(C)CCCC(=O)NN)C1. The van der Waals surface area contributed by atoms with E-state index in [1.165, 1.54) is 19.4 Å². The predicted molar refractivity (Wildman–Crippen MR) is 64.7 cm³/mol. The van der Waals surface area contributed by atoms with E-state index in [4.69, 9.17) is 5.84 Å². The lowest BCUT2D eigenvalue weighted by molar-refractivity contribution is -0.121. The van der Waals surface area contributed by atoms with Crippen LogP contribution in [0, 0.1) is 0 Å². The number of hydrogen-bond acceptors (Lipinski definition) is 4. The van der Waals surface area contributed by atoms with Gasteiger partial charge in [-0.3, -0.25) is 10.2 Å². The van der Waals surface area contributed by atoms with Crippen molar-refractivity contribution in [3.05, 3.63) is 0 Å². The van der Waals surface area contributed by atoms with E-state index in [9.17, 15) is 4.79 Å². The highest BCUT2D eigenvalue weighted by atomic mass is 16.2. The van der Waals surface area contributed by atoms with E-state index >= 15 is 0 Å². The van der Waals surface area contributed by atoms with E-state index in [0.717, 1.165) is 19.5 Å². The Bertz CT molecular complexity index is 222. The molecule has 1 unspecified atom stereocenters. The van der Waals surface area contributed by atoms with E-state index in [0.29, 0.717) is 12.5 Å². The van der Waals surface area contributed by atoms with Crippen molar-refractivity contribution in [2.75, 3.05) is 33.7 Å². The summed E-state index contributed by atoms with van der Waals surface area (Å²) in [7, 11) is 4.31.